The summed E-state index contributed by atoms with van der Waals surface area (Å²) in [6.07, 6.45) is 0. The van der Waals surface area contributed by atoms with Crippen molar-refractivity contribution in [2.75, 3.05) is 5.32 Å². The third kappa shape index (κ3) is 3.00. The number of hydrogen-bond donors (Lipinski definition) is 3. The number of phenols is 1. The molecule has 0 atom stereocenters. The Morgan fingerprint density at radius 2 is 1.95 bits per heavy atom. The third-order valence-corrected chi connectivity index (χ3v) is 3.19. The Labute approximate surface area is 126 Å². The molecular weight excluding hydrogens is 291 g/mol. The number of thiocarbonyl (C=S) groups is 1. The van der Waals surface area contributed by atoms with E-state index in [4.69, 9.17) is 18.0 Å². The number of anilines is 1. The minimum atomic E-state index is -0.617. The number of nitrogens with one attached hydrogen (secondary N) is 1. The van der Waals surface area contributed by atoms with Crippen LogP contribution in [0.15, 0.2) is 36.4 Å². The molecule has 21 heavy (non-hydrogen) atoms. The van der Waals surface area contributed by atoms with Crippen LogP contribution in [0.2, 0.25) is 0 Å². The molecule has 0 aliphatic heterocycles. The van der Waals surface area contributed by atoms with Crippen molar-refractivity contribution in [3.8, 4) is 5.75 Å². The molecule has 0 saturated carbocycles. The monoisotopic (exact) mass is 304 g/mol. The Kier molecular flexibility index (Phi) is 4.18. The average Bonchev–Trinajstić information content (AvgIpc) is 2.41. The molecule has 0 radical (unpaired) electrons. The first-order valence-electron chi connectivity index (χ1n) is 6.10. The summed E-state index contributed by atoms with van der Waals surface area (Å²) >= 11 is 4.79. The smallest absolute Gasteiger partial charge is 0.259 e. The molecule has 0 unspecified atom stereocenters. The molecule has 4 nitrogen and oxygen atoms in total. The molecule has 4 N–H and O–H groups in total. The zero-order valence-corrected chi connectivity index (χ0v) is 12.0. The van der Waals surface area contributed by atoms with E-state index < -0.39 is 11.7 Å². The highest BCUT2D eigenvalue weighted by molar-refractivity contribution is 7.80. The van der Waals surface area contributed by atoms with Crippen LogP contribution >= 0.6 is 12.2 Å². The van der Waals surface area contributed by atoms with E-state index >= 15 is 0 Å². The summed E-state index contributed by atoms with van der Waals surface area (Å²) in [6, 6.07) is 8.91. The molecule has 0 aliphatic rings. The Hall–Kier alpha value is -2.47. The molecular formula is C15H13FN2O2S. The predicted octanol–water partition coefficient (Wildman–Crippen LogP) is 2.73. The van der Waals surface area contributed by atoms with E-state index in [1.165, 1.54) is 24.3 Å². The fourth-order valence-corrected chi connectivity index (χ4v) is 2.12. The zero-order chi connectivity index (χ0) is 15.6. The Balaban J connectivity index is 2.39. The summed E-state index contributed by atoms with van der Waals surface area (Å²) in [7, 11) is 0. The van der Waals surface area contributed by atoms with Crippen molar-refractivity contribution in [1.29, 1.82) is 0 Å². The van der Waals surface area contributed by atoms with Crippen LogP contribution in [0.1, 0.15) is 21.5 Å². The maximum absolute atomic E-state index is 13.7. The average molecular weight is 304 g/mol. The fourth-order valence-electron chi connectivity index (χ4n) is 1.91. The van der Waals surface area contributed by atoms with Crippen molar-refractivity contribution in [2.24, 2.45) is 5.73 Å². The number of halogens is 1. The zero-order valence-electron chi connectivity index (χ0n) is 11.2. The molecule has 2 rings (SSSR count). The molecule has 0 fully saturated rings. The number of phenolic OH excluding ortho intramolecular Hbond substituents is 1. The first-order chi connectivity index (χ1) is 9.91. The Morgan fingerprint density at radius 1 is 1.29 bits per heavy atom. The first kappa shape index (κ1) is 14.9. The molecule has 0 heterocycles. The van der Waals surface area contributed by atoms with Crippen molar-refractivity contribution in [1.82, 2.24) is 0 Å². The van der Waals surface area contributed by atoms with Crippen molar-refractivity contribution < 1.29 is 14.3 Å². The number of amides is 1. The van der Waals surface area contributed by atoms with E-state index in [1.807, 2.05) is 0 Å². The molecule has 108 valence electrons. The van der Waals surface area contributed by atoms with Crippen molar-refractivity contribution in [2.45, 2.75) is 6.92 Å². The summed E-state index contributed by atoms with van der Waals surface area (Å²) in [5.41, 5.74) is 6.26. The van der Waals surface area contributed by atoms with Gasteiger partial charge in [-0.3, -0.25) is 4.79 Å². The maximum atomic E-state index is 13.7. The molecule has 0 saturated heterocycles. The predicted molar refractivity (Wildman–Crippen MR) is 83.1 cm³/mol. The molecule has 1 amide bonds. The maximum Gasteiger partial charge on any atom is 0.259 e. The summed E-state index contributed by atoms with van der Waals surface area (Å²) in [5, 5.41) is 12.4. The molecule has 0 bridgehead atoms. The van der Waals surface area contributed by atoms with E-state index in [2.05, 4.69) is 5.32 Å². The van der Waals surface area contributed by atoms with Gasteiger partial charge in [-0.15, -0.1) is 0 Å². The lowest BCUT2D eigenvalue weighted by molar-refractivity contribution is 0.102. The van der Waals surface area contributed by atoms with Crippen molar-refractivity contribution in [3.63, 3.8) is 0 Å². The topological polar surface area (TPSA) is 75.4 Å². The minimum Gasteiger partial charge on any atom is -0.507 e. The van der Waals surface area contributed by atoms with Gasteiger partial charge in [0.2, 0.25) is 0 Å². The van der Waals surface area contributed by atoms with Crippen molar-refractivity contribution >= 4 is 28.8 Å². The van der Waals surface area contributed by atoms with Crippen LogP contribution in [0.3, 0.4) is 0 Å². The molecule has 0 spiro atoms. The summed E-state index contributed by atoms with van der Waals surface area (Å²) in [4.78, 5) is 12.0. The molecule has 0 aliphatic carbocycles. The largest absolute Gasteiger partial charge is 0.507 e. The molecule has 6 heteroatoms. The molecule has 2 aromatic rings. The van der Waals surface area contributed by atoms with Gasteiger partial charge < -0.3 is 16.2 Å². The first-order valence-corrected chi connectivity index (χ1v) is 6.51. The summed E-state index contributed by atoms with van der Waals surface area (Å²) in [6.45, 7) is 1.68. The third-order valence-electron chi connectivity index (χ3n) is 2.99. The van der Waals surface area contributed by atoms with Gasteiger partial charge in [0.15, 0.2) is 0 Å². The minimum absolute atomic E-state index is 0.0343. The number of carbonyl (C=O) groups is 1. The van der Waals surface area contributed by atoms with E-state index in [0.717, 1.165) is 0 Å². The number of rotatable bonds is 3. The van der Waals surface area contributed by atoms with Gasteiger partial charge in [0.05, 0.1) is 16.8 Å². The lowest BCUT2D eigenvalue weighted by Crippen LogP contribution is -2.19. The van der Waals surface area contributed by atoms with Gasteiger partial charge in [0.25, 0.3) is 5.91 Å². The number of hydrogen-bond acceptors (Lipinski definition) is 3. The van der Waals surface area contributed by atoms with Crippen LogP contribution in [0.4, 0.5) is 10.1 Å². The number of nitrogens with two attached hydrogens (primary N) is 1. The van der Waals surface area contributed by atoms with Gasteiger partial charge >= 0.3 is 0 Å². The number of aromatic hydroxyl groups is 1. The van der Waals surface area contributed by atoms with E-state index in [9.17, 15) is 14.3 Å². The van der Waals surface area contributed by atoms with Crippen LogP contribution in [0.25, 0.3) is 0 Å². The lowest BCUT2D eigenvalue weighted by Gasteiger charge is -2.12. The SMILES string of the molecule is Cc1cccc(C(=O)Nc2cccc(F)c2C(N)=S)c1O. The second-order valence-corrected chi connectivity index (χ2v) is 4.89. The van der Waals surface area contributed by atoms with Crippen LogP contribution in [0.5, 0.6) is 5.75 Å². The van der Waals surface area contributed by atoms with Crippen LogP contribution in [-0.4, -0.2) is 16.0 Å². The van der Waals surface area contributed by atoms with E-state index in [0.29, 0.717) is 5.56 Å². The van der Waals surface area contributed by atoms with Gasteiger partial charge in [0.1, 0.15) is 16.6 Å². The number of benzene rings is 2. The fraction of sp³-hybridized carbons (Fsp3) is 0.0667. The lowest BCUT2D eigenvalue weighted by atomic mass is 10.1. The van der Waals surface area contributed by atoms with Gasteiger partial charge in [-0.1, -0.05) is 30.4 Å². The standard InChI is InChI=1S/C15H13FN2O2S/c1-8-4-2-5-9(13(8)19)15(20)18-11-7-3-6-10(16)12(11)14(17)21/h2-7,19H,1H3,(H2,17,21)(H,18,20). The van der Waals surface area contributed by atoms with Gasteiger partial charge in [-0.05, 0) is 30.7 Å². The van der Waals surface area contributed by atoms with Crippen LogP contribution < -0.4 is 11.1 Å². The normalized spacial score (nSPS) is 10.2. The van der Waals surface area contributed by atoms with E-state index in [1.54, 1.807) is 19.1 Å². The highest BCUT2D eigenvalue weighted by Crippen LogP contribution is 2.24. The van der Waals surface area contributed by atoms with Crippen molar-refractivity contribution in [3.05, 3.63) is 58.9 Å². The molecule has 2 aromatic carbocycles. The summed E-state index contributed by atoms with van der Waals surface area (Å²) < 4.78 is 13.7. The second-order valence-electron chi connectivity index (χ2n) is 4.45. The van der Waals surface area contributed by atoms with Crippen LogP contribution in [0, 0.1) is 12.7 Å². The number of para-hydroxylation sites is 1. The highest BCUT2D eigenvalue weighted by atomic mass is 32.1. The van der Waals surface area contributed by atoms with Gasteiger partial charge in [-0.2, -0.15) is 0 Å². The number of aryl methyl sites for hydroxylation is 1. The quantitative estimate of drug-likeness (QED) is 0.762. The van der Waals surface area contributed by atoms with Gasteiger partial charge in [0, 0.05) is 0 Å². The molecule has 0 aromatic heterocycles. The van der Waals surface area contributed by atoms with Crippen LogP contribution in [-0.2, 0) is 0 Å². The number of carbonyl (C=O) groups excluding carboxylic acids is 1. The summed E-state index contributed by atoms with van der Waals surface area (Å²) in [5.74, 6) is -1.31. The Morgan fingerprint density at radius 3 is 2.62 bits per heavy atom. The second kappa shape index (κ2) is 5.88. The van der Waals surface area contributed by atoms with E-state index in [-0.39, 0.29) is 27.6 Å². The van der Waals surface area contributed by atoms with Gasteiger partial charge in [-0.25, -0.2) is 4.39 Å². The Bertz CT molecular complexity index is 732. The highest BCUT2D eigenvalue weighted by Gasteiger charge is 2.17.